The maximum Gasteiger partial charge on any atom is 0.123 e. The second-order valence-electron chi connectivity index (χ2n) is 4.68. The number of rotatable bonds is 2. The second kappa shape index (κ2) is 7.95. The lowest BCUT2D eigenvalue weighted by molar-refractivity contribution is 0.205. The number of nitrogens with two attached hydrogens (primary N) is 1. The molecule has 0 unspecified atom stereocenters. The molecule has 0 atom stereocenters. The third-order valence-electron chi connectivity index (χ3n) is 3.34. The summed E-state index contributed by atoms with van der Waals surface area (Å²) in [5, 5.41) is 0. The highest BCUT2D eigenvalue weighted by molar-refractivity contribution is 5.85. The van der Waals surface area contributed by atoms with Gasteiger partial charge in [-0.3, -0.25) is 4.90 Å². The molecule has 2 nitrogen and oxygen atoms in total. The van der Waals surface area contributed by atoms with Crippen LogP contribution >= 0.6 is 24.8 Å². The third kappa shape index (κ3) is 4.73. The molecule has 0 bridgehead atoms. The molecule has 2 rings (SSSR count). The molecule has 0 spiro atoms. The molecule has 1 aliphatic heterocycles. The fourth-order valence-electron chi connectivity index (χ4n) is 2.16. The van der Waals surface area contributed by atoms with Crippen molar-refractivity contribution in [1.82, 2.24) is 4.90 Å². The van der Waals surface area contributed by atoms with E-state index in [2.05, 4.69) is 4.90 Å². The van der Waals surface area contributed by atoms with Crippen LogP contribution in [0, 0.1) is 12.7 Å². The molecule has 0 amide bonds. The molecule has 1 saturated heterocycles. The van der Waals surface area contributed by atoms with Gasteiger partial charge in [-0.05, 0) is 56.1 Å². The summed E-state index contributed by atoms with van der Waals surface area (Å²) in [6.07, 6.45) is 2.10. The van der Waals surface area contributed by atoms with Crippen molar-refractivity contribution in [3.8, 4) is 0 Å². The van der Waals surface area contributed by atoms with Gasteiger partial charge in [0.05, 0.1) is 0 Å². The summed E-state index contributed by atoms with van der Waals surface area (Å²) in [6, 6.07) is 5.36. The lowest BCUT2D eigenvalue weighted by Gasteiger charge is -2.30. The summed E-state index contributed by atoms with van der Waals surface area (Å²) in [5.41, 5.74) is 8.11. The maximum atomic E-state index is 13.1. The van der Waals surface area contributed by atoms with Crippen LogP contribution in [-0.2, 0) is 6.54 Å². The Kier molecular flexibility index (Phi) is 7.79. The smallest absolute Gasteiger partial charge is 0.123 e. The van der Waals surface area contributed by atoms with Gasteiger partial charge in [0, 0.05) is 12.6 Å². The van der Waals surface area contributed by atoms with Crippen LogP contribution in [0.5, 0.6) is 0 Å². The van der Waals surface area contributed by atoms with E-state index in [1.807, 2.05) is 13.0 Å². The van der Waals surface area contributed by atoms with Crippen molar-refractivity contribution in [2.75, 3.05) is 13.1 Å². The number of hydrogen-bond acceptors (Lipinski definition) is 2. The van der Waals surface area contributed by atoms with Crippen LogP contribution in [0.3, 0.4) is 0 Å². The average molecular weight is 295 g/mol. The topological polar surface area (TPSA) is 29.3 Å². The lowest BCUT2D eigenvalue weighted by Crippen LogP contribution is -2.39. The summed E-state index contributed by atoms with van der Waals surface area (Å²) in [6.45, 7) is 4.93. The minimum absolute atomic E-state index is 0. The van der Waals surface area contributed by atoms with Gasteiger partial charge in [-0.1, -0.05) is 6.07 Å². The Morgan fingerprint density at radius 2 is 1.89 bits per heavy atom. The molecule has 0 radical (unpaired) electrons. The summed E-state index contributed by atoms with van der Waals surface area (Å²) < 4.78 is 13.1. The predicted octanol–water partition coefficient (Wildman–Crippen LogP) is 2.90. The number of aryl methyl sites for hydroxylation is 1. The average Bonchev–Trinajstić information content (AvgIpc) is 2.27. The maximum absolute atomic E-state index is 13.1. The van der Waals surface area contributed by atoms with Gasteiger partial charge in [-0.2, -0.15) is 0 Å². The van der Waals surface area contributed by atoms with Crippen molar-refractivity contribution >= 4 is 24.8 Å². The molecule has 1 aromatic carbocycles. The van der Waals surface area contributed by atoms with E-state index in [-0.39, 0.29) is 30.6 Å². The first-order chi connectivity index (χ1) is 7.65. The Balaban J connectivity index is 0.00000144. The highest BCUT2D eigenvalue weighted by Crippen LogP contribution is 2.16. The lowest BCUT2D eigenvalue weighted by atomic mass is 10.0. The van der Waals surface area contributed by atoms with Crippen molar-refractivity contribution in [1.29, 1.82) is 0 Å². The van der Waals surface area contributed by atoms with Gasteiger partial charge < -0.3 is 5.73 Å². The largest absolute Gasteiger partial charge is 0.328 e. The second-order valence-corrected chi connectivity index (χ2v) is 4.68. The molecule has 18 heavy (non-hydrogen) atoms. The molecule has 1 fully saturated rings. The Bertz CT molecular complexity index is 366. The number of nitrogens with zero attached hydrogens (tertiary/aromatic N) is 1. The zero-order valence-corrected chi connectivity index (χ0v) is 12.2. The van der Waals surface area contributed by atoms with E-state index >= 15 is 0 Å². The van der Waals surface area contributed by atoms with Gasteiger partial charge >= 0.3 is 0 Å². The fraction of sp³-hybridized carbons (Fsp3) is 0.538. The van der Waals surface area contributed by atoms with Crippen LogP contribution in [0.25, 0.3) is 0 Å². The Morgan fingerprint density at radius 1 is 1.28 bits per heavy atom. The van der Waals surface area contributed by atoms with Crippen molar-refractivity contribution in [3.63, 3.8) is 0 Å². The quantitative estimate of drug-likeness (QED) is 0.909. The van der Waals surface area contributed by atoms with Gasteiger partial charge in [-0.25, -0.2) is 4.39 Å². The molecule has 1 aliphatic rings. The van der Waals surface area contributed by atoms with Gasteiger partial charge in [-0.15, -0.1) is 24.8 Å². The first-order valence-corrected chi connectivity index (χ1v) is 5.88. The van der Waals surface area contributed by atoms with E-state index in [1.54, 1.807) is 6.07 Å². The molecule has 0 aliphatic carbocycles. The number of benzene rings is 1. The van der Waals surface area contributed by atoms with Crippen LogP contribution in [-0.4, -0.2) is 24.0 Å². The molecule has 5 heteroatoms. The van der Waals surface area contributed by atoms with E-state index in [4.69, 9.17) is 5.73 Å². The van der Waals surface area contributed by atoms with Gasteiger partial charge in [0.2, 0.25) is 0 Å². The minimum Gasteiger partial charge on any atom is -0.328 e. The third-order valence-corrected chi connectivity index (χ3v) is 3.34. The summed E-state index contributed by atoms with van der Waals surface area (Å²) >= 11 is 0. The molecule has 0 saturated carbocycles. The predicted molar refractivity (Wildman–Crippen MR) is 78.1 cm³/mol. The van der Waals surface area contributed by atoms with Crippen LogP contribution in [0.15, 0.2) is 18.2 Å². The van der Waals surface area contributed by atoms with Crippen LogP contribution in [0.2, 0.25) is 0 Å². The zero-order valence-electron chi connectivity index (χ0n) is 10.6. The Morgan fingerprint density at radius 3 is 2.50 bits per heavy atom. The highest BCUT2D eigenvalue weighted by atomic mass is 35.5. The fourth-order valence-corrected chi connectivity index (χ4v) is 2.16. The minimum atomic E-state index is -0.144. The van der Waals surface area contributed by atoms with Crippen molar-refractivity contribution in [2.45, 2.75) is 32.4 Å². The van der Waals surface area contributed by atoms with Crippen LogP contribution in [0.1, 0.15) is 24.0 Å². The van der Waals surface area contributed by atoms with Gasteiger partial charge in [0.25, 0.3) is 0 Å². The summed E-state index contributed by atoms with van der Waals surface area (Å²) in [4.78, 5) is 2.35. The zero-order chi connectivity index (χ0) is 11.5. The molecular weight excluding hydrogens is 274 g/mol. The van der Waals surface area contributed by atoms with E-state index in [0.717, 1.165) is 43.6 Å². The molecule has 1 aromatic rings. The number of piperidine rings is 1. The number of likely N-dealkylation sites (tertiary alicyclic amines) is 1. The number of halogens is 3. The normalized spacial score (nSPS) is 16.8. The standard InChI is InChI=1S/C13H19FN2.2ClH/c1-10-2-3-12(14)8-11(10)9-16-6-4-13(15)5-7-16;;/h2-3,8,13H,4-7,9,15H2,1H3;2*1H. The SMILES string of the molecule is Cc1ccc(F)cc1CN1CCC(N)CC1.Cl.Cl. The van der Waals surface area contributed by atoms with Crippen molar-refractivity contribution < 1.29 is 4.39 Å². The molecule has 0 aromatic heterocycles. The van der Waals surface area contributed by atoms with Crippen LogP contribution in [0.4, 0.5) is 4.39 Å². The van der Waals surface area contributed by atoms with E-state index in [1.165, 1.54) is 6.07 Å². The first kappa shape index (κ1) is 17.6. The van der Waals surface area contributed by atoms with Crippen LogP contribution < -0.4 is 5.73 Å². The Labute approximate surface area is 121 Å². The van der Waals surface area contributed by atoms with Crippen molar-refractivity contribution in [3.05, 3.63) is 35.1 Å². The Hall–Kier alpha value is -0.350. The number of hydrogen-bond donors (Lipinski definition) is 1. The van der Waals surface area contributed by atoms with E-state index < -0.39 is 0 Å². The van der Waals surface area contributed by atoms with E-state index in [0.29, 0.717) is 6.04 Å². The van der Waals surface area contributed by atoms with Gasteiger partial charge in [0.15, 0.2) is 0 Å². The van der Waals surface area contributed by atoms with Crippen molar-refractivity contribution in [2.24, 2.45) is 5.73 Å². The monoisotopic (exact) mass is 294 g/mol. The summed E-state index contributed by atoms with van der Waals surface area (Å²) in [7, 11) is 0. The summed E-state index contributed by atoms with van der Waals surface area (Å²) in [5.74, 6) is -0.144. The van der Waals surface area contributed by atoms with E-state index in [9.17, 15) is 4.39 Å². The molecule has 1 heterocycles. The molecule has 2 N–H and O–H groups in total. The molecule has 104 valence electrons. The molecular formula is C13H21Cl2FN2. The van der Waals surface area contributed by atoms with Gasteiger partial charge in [0.1, 0.15) is 5.82 Å². The first-order valence-electron chi connectivity index (χ1n) is 5.88. The highest BCUT2D eigenvalue weighted by Gasteiger charge is 2.16.